The number of aliphatic hydroxyl groups excluding tert-OH is 1. The number of hydrogen-bond donors (Lipinski definition) is 4. The third kappa shape index (κ3) is 6.83. The fourth-order valence-corrected chi connectivity index (χ4v) is 3.50. The first-order chi connectivity index (χ1) is 14.9. The largest absolute Gasteiger partial charge is 0.449 e. The van der Waals surface area contributed by atoms with Crippen LogP contribution in [0.15, 0.2) is 30.3 Å². The van der Waals surface area contributed by atoms with Gasteiger partial charge in [-0.15, -0.1) is 0 Å². The number of carbonyl (C=O) groups excluding carboxylic acids is 1. The van der Waals surface area contributed by atoms with Gasteiger partial charge in [0.1, 0.15) is 5.82 Å². The van der Waals surface area contributed by atoms with E-state index >= 15 is 0 Å². The van der Waals surface area contributed by atoms with E-state index in [0.717, 1.165) is 6.07 Å². The van der Waals surface area contributed by atoms with Crippen LogP contribution in [-0.4, -0.2) is 35.1 Å². The molecule has 1 amide bonds. The number of nitrogens with two attached hydrogens (primary N) is 1. The van der Waals surface area contributed by atoms with Gasteiger partial charge in [-0.05, 0) is 63.3 Å². The quantitative estimate of drug-likeness (QED) is 0.230. The van der Waals surface area contributed by atoms with Gasteiger partial charge in [-0.3, -0.25) is 4.90 Å². The molecule has 0 radical (unpaired) electrons. The third-order valence-electron chi connectivity index (χ3n) is 4.14. The van der Waals surface area contributed by atoms with Crippen LogP contribution in [0, 0.1) is 5.82 Å². The predicted octanol–water partition coefficient (Wildman–Crippen LogP) is 5.65. The van der Waals surface area contributed by atoms with E-state index in [2.05, 4.69) is 10.6 Å². The summed E-state index contributed by atoms with van der Waals surface area (Å²) in [5.74, 6) is -0.622. The molecule has 0 saturated carbocycles. The molecule has 0 bridgehead atoms. The average Bonchev–Trinajstić information content (AvgIpc) is 2.65. The Hall–Kier alpha value is -2.33. The van der Waals surface area contributed by atoms with E-state index < -0.39 is 17.4 Å². The number of carbonyl (C=O) groups is 1. The molecule has 0 atom stereocenters. The van der Waals surface area contributed by atoms with Crippen LogP contribution >= 0.6 is 35.4 Å². The number of ether oxygens (including phenoxy) is 1. The van der Waals surface area contributed by atoms with Gasteiger partial charge in [-0.1, -0.05) is 23.2 Å². The molecule has 0 saturated heterocycles. The first-order valence-electron chi connectivity index (χ1n) is 9.64. The maximum atomic E-state index is 14.2. The van der Waals surface area contributed by atoms with Gasteiger partial charge in [0, 0.05) is 23.6 Å². The molecule has 0 aliphatic heterocycles. The highest BCUT2D eigenvalue weighted by Crippen LogP contribution is 2.38. The van der Waals surface area contributed by atoms with E-state index in [1.807, 2.05) is 0 Å². The van der Waals surface area contributed by atoms with Gasteiger partial charge in [0.25, 0.3) is 0 Å². The summed E-state index contributed by atoms with van der Waals surface area (Å²) in [5, 5.41) is 15.6. The van der Waals surface area contributed by atoms with Gasteiger partial charge >= 0.3 is 6.09 Å². The zero-order valence-electron chi connectivity index (χ0n) is 17.8. The maximum absolute atomic E-state index is 14.2. The lowest BCUT2D eigenvalue weighted by atomic mass is 10.0. The minimum atomic E-state index is -0.785. The number of amides is 1. The summed E-state index contributed by atoms with van der Waals surface area (Å²) in [4.78, 5) is 14.2. The van der Waals surface area contributed by atoms with E-state index in [9.17, 15) is 9.18 Å². The van der Waals surface area contributed by atoms with E-state index in [4.69, 9.17) is 51.0 Å². The minimum absolute atomic E-state index is 0.00820. The Morgan fingerprint density at radius 2 is 1.88 bits per heavy atom. The minimum Gasteiger partial charge on any atom is -0.449 e. The number of nitrogen functional groups attached to an aromatic ring is 1. The molecule has 0 aliphatic carbocycles. The highest BCUT2D eigenvalue weighted by Gasteiger charge is 2.33. The monoisotopic (exact) mass is 502 g/mol. The molecule has 32 heavy (non-hydrogen) atoms. The van der Waals surface area contributed by atoms with Crippen LogP contribution in [0.3, 0.4) is 0 Å². The average molecular weight is 503 g/mol. The van der Waals surface area contributed by atoms with Gasteiger partial charge < -0.3 is 26.2 Å². The zero-order chi connectivity index (χ0) is 24.1. The van der Waals surface area contributed by atoms with Crippen molar-refractivity contribution in [3.8, 4) is 0 Å². The van der Waals surface area contributed by atoms with Crippen molar-refractivity contribution >= 4 is 69.4 Å². The van der Waals surface area contributed by atoms with Crippen LogP contribution in [-0.2, 0) is 4.74 Å². The maximum Gasteiger partial charge on any atom is 0.414 e. The number of nitrogens with one attached hydrogen (secondary N) is 2. The molecule has 11 heteroatoms. The van der Waals surface area contributed by atoms with Crippen LogP contribution in [0.5, 0.6) is 0 Å². The van der Waals surface area contributed by atoms with Crippen molar-refractivity contribution in [2.45, 2.75) is 32.7 Å². The number of benzene rings is 2. The molecule has 2 aromatic rings. The third-order valence-corrected chi connectivity index (χ3v) is 4.89. The smallest absolute Gasteiger partial charge is 0.414 e. The Morgan fingerprint density at radius 1 is 1.22 bits per heavy atom. The van der Waals surface area contributed by atoms with Crippen molar-refractivity contribution in [3.63, 3.8) is 0 Å². The van der Waals surface area contributed by atoms with Gasteiger partial charge in [-0.2, -0.15) is 0 Å². The number of anilines is 4. The van der Waals surface area contributed by atoms with Crippen LogP contribution in [0.25, 0.3) is 0 Å². The van der Waals surface area contributed by atoms with Crippen molar-refractivity contribution < 1.29 is 19.0 Å². The van der Waals surface area contributed by atoms with Crippen LogP contribution < -0.4 is 21.3 Å². The van der Waals surface area contributed by atoms with Gasteiger partial charge in [0.05, 0.1) is 34.4 Å². The molecule has 0 spiro atoms. The number of nitrogens with zero attached hydrogens (tertiary/aromatic N) is 1. The summed E-state index contributed by atoms with van der Waals surface area (Å²) in [7, 11) is 0. The molecule has 7 nitrogen and oxygen atoms in total. The summed E-state index contributed by atoms with van der Waals surface area (Å²) in [5.41, 5.74) is 6.16. The molecule has 174 valence electrons. The first-order valence-corrected chi connectivity index (χ1v) is 10.8. The normalized spacial score (nSPS) is 11.1. The Balaban J connectivity index is 2.40. The number of rotatable bonds is 6. The topological polar surface area (TPSA) is 99.9 Å². The van der Waals surface area contributed by atoms with Crippen LogP contribution in [0.1, 0.15) is 27.2 Å². The number of halogens is 3. The number of aliphatic hydroxyl groups is 1. The van der Waals surface area contributed by atoms with Crippen LogP contribution in [0.2, 0.25) is 10.0 Å². The molecule has 0 heterocycles. The molecular weight excluding hydrogens is 478 g/mol. The molecule has 5 N–H and O–H groups in total. The second kappa shape index (κ2) is 11.0. The molecule has 0 unspecified atom stereocenters. The SMILES string of the molecule is CC(C)(C)N(C(=O)OCCCO)c1c(N)cc(F)cc1NC(=S)Nc1ccc(Cl)cc1Cl. The Bertz CT molecular complexity index is 1000. The van der Waals surface area contributed by atoms with Crippen molar-refractivity contribution in [1.82, 2.24) is 0 Å². The van der Waals surface area contributed by atoms with E-state index in [1.165, 1.54) is 11.0 Å². The Labute approximate surface area is 201 Å². The summed E-state index contributed by atoms with van der Waals surface area (Å²) < 4.78 is 19.5. The van der Waals surface area contributed by atoms with E-state index in [1.54, 1.807) is 39.0 Å². The molecule has 0 aromatic heterocycles. The Morgan fingerprint density at radius 3 is 2.47 bits per heavy atom. The van der Waals surface area contributed by atoms with Gasteiger partial charge in [-0.25, -0.2) is 9.18 Å². The summed E-state index contributed by atoms with van der Waals surface area (Å²) in [6, 6.07) is 7.09. The predicted molar refractivity (Wildman–Crippen MR) is 132 cm³/mol. The summed E-state index contributed by atoms with van der Waals surface area (Å²) in [6.45, 7) is 5.22. The van der Waals surface area contributed by atoms with Crippen molar-refractivity contribution in [2.75, 3.05) is 34.5 Å². The summed E-state index contributed by atoms with van der Waals surface area (Å²) in [6.07, 6.45) is -0.421. The number of thiocarbonyl (C=S) groups is 1. The second-order valence-corrected chi connectivity index (χ2v) is 9.04. The lowest BCUT2D eigenvalue weighted by Crippen LogP contribution is -2.47. The molecule has 2 rings (SSSR count). The Kier molecular flexibility index (Phi) is 8.91. The first kappa shape index (κ1) is 25.9. The zero-order valence-corrected chi connectivity index (χ0v) is 20.2. The lowest BCUT2D eigenvalue weighted by Gasteiger charge is -2.36. The lowest BCUT2D eigenvalue weighted by molar-refractivity contribution is 0.137. The molecular formula is C21H25Cl2FN4O3S. The van der Waals surface area contributed by atoms with Crippen LogP contribution in [0.4, 0.5) is 31.9 Å². The highest BCUT2D eigenvalue weighted by atomic mass is 35.5. The van der Waals surface area contributed by atoms with E-state index in [-0.39, 0.29) is 41.8 Å². The van der Waals surface area contributed by atoms with Crippen molar-refractivity contribution in [1.29, 1.82) is 0 Å². The summed E-state index contributed by atoms with van der Waals surface area (Å²) >= 11 is 17.4. The number of hydrogen-bond acceptors (Lipinski definition) is 5. The standard InChI is InChI=1S/C21H25Cl2FN4O3S/c1-21(2,3)28(20(30)31-8-4-7-29)18-15(25)10-13(24)11-17(18)27-19(32)26-16-6-5-12(22)9-14(16)23/h5-6,9-11,29H,4,7-8,25H2,1-3H3,(H2,26,27,32). The molecule has 0 fully saturated rings. The van der Waals surface area contributed by atoms with Gasteiger partial charge in [0.15, 0.2) is 5.11 Å². The van der Waals surface area contributed by atoms with Crippen molar-refractivity contribution in [3.05, 3.63) is 46.2 Å². The molecule has 2 aromatic carbocycles. The molecule has 0 aliphatic rings. The fourth-order valence-electron chi connectivity index (χ4n) is 2.82. The fraction of sp³-hybridized carbons (Fsp3) is 0.333. The van der Waals surface area contributed by atoms with E-state index in [0.29, 0.717) is 15.7 Å². The van der Waals surface area contributed by atoms with Crippen molar-refractivity contribution in [2.24, 2.45) is 0 Å². The van der Waals surface area contributed by atoms with Gasteiger partial charge in [0.2, 0.25) is 0 Å². The second-order valence-electron chi connectivity index (χ2n) is 7.79. The highest BCUT2D eigenvalue weighted by molar-refractivity contribution is 7.80.